The Morgan fingerprint density at radius 1 is 1.20 bits per heavy atom. The molecule has 1 atom stereocenters. The summed E-state index contributed by atoms with van der Waals surface area (Å²) < 4.78 is 17.2. The third-order valence-corrected chi connectivity index (χ3v) is 5.59. The zero-order chi connectivity index (χ0) is 20.3. The van der Waals surface area contributed by atoms with Crippen molar-refractivity contribution < 1.29 is 14.2 Å². The molecule has 1 aromatic heterocycles. The van der Waals surface area contributed by atoms with Crippen molar-refractivity contribution in [1.29, 1.82) is 0 Å². The first kappa shape index (κ1) is 25.1. The largest absolute Gasteiger partial charge is 0.474 e. The summed E-state index contributed by atoms with van der Waals surface area (Å²) in [6.07, 6.45) is 9.07. The number of hydrogen-bond acceptors (Lipinski definition) is 5. The molecule has 0 aromatic carbocycles. The topological polar surface area (TPSA) is 77.0 Å². The van der Waals surface area contributed by atoms with Crippen LogP contribution in [0.15, 0.2) is 23.3 Å². The summed E-state index contributed by atoms with van der Waals surface area (Å²) in [5.74, 6) is 2.33. The lowest BCUT2D eigenvalue weighted by molar-refractivity contribution is 0.0420. The van der Waals surface area contributed by atoms with Crippen molar-refractivity contribution in [3.05, 3.63) is 23.9 Å². The molecular formula is C22H37IN4O3. The first-order valence-corrected chi connectivity index (χ1v) is 11.0. The Bertz CT molecular complexity index is 633. The molecule has 1 aliphatic carbocycles. The van der Waals surface area contributed by atoms with Gasteiger partial charge in [0, 0.05) is 45.6 Å². The third-order valence-electron chi connectivity index (χ3n) is 5.59. The third kappa shape index (κ3) is 8.93. The summed E-state index contributed by atoms with van der Waals surface area (Å²) in [4.78, 5) is 8.67. The van der Waals surface area contributed by atoms with Crippen LogP contribution in [0, 0.1) is 5.92 Å². The van der Waals surface area contributed by atoms with Gasteiger partial charge in [-0.25, -0.2) is 4.98 Å². The minimum absolute atomic E-state index is 0. The summed E-state index contributed by atoms with van der Waals surface area (Å²) in [5, 5.41) is 6.68. The first-order valence-electron chi connectivity index (χ1n) is 11.0. The molecule has 170 valence electrons. The van der Waals surface area contributed by atoms with Gasteiger partial charge in [-0.05, 0) is 56.1 Å². The van der Waals surface area contributed by atoms with Crippen molar-refractivity contribution in [3.63, 3.8) is 0 Å². The van der Waals surface area contributed by atoms with Gasteiger partial charge >= 0.3 is 0 Å². The van der Waals surface area contributed by atoms with Crippen molar-refractivity contribution in [2.75, 3.05) is 33.4 Å². The standard InChI is InChI=1S/C22H36N4O3.HI/c1-17-4-6-19(7-5-17)29-21-14-18(8-11-24-21)15-26-22(23-2)25-10-3-12-28-20-9-13-27-16-20;/h8,11,14,17,19-20H,3-7,9-10,12-13,15-16H2,1-2H3,(H2,23,25,26);1H. The number of aromatic nitrogens is 1. The molecule has 1 aromatic rings. The number of halogens is 1. The van der Waals surface area contributed by atoms with Crippen LogP contribution in [0.2, 0.25) is 0 Å². The maximum absolute atomic E-state index is 6.10. The van der Waals surface area contributed by atoms with Crippen LogP contribution in [0.1, 0.15) is 51.0 Å². The molecule has 3 rings (SSSR count). The summed E-state index contributed by atoms with van der Waals surface area (Å²) >= 11 is 0. The average Bonchev–Trinajstić information content (AvgIpc) is 3.25. The number of nitrogens with one attached hydrogen (secondary N) is 2. The van der Waals surface area contributed by atoms with E-state index in [9.17, 15) is 0 Å². The number of aliphatic imine (C=N–C) groups is 1. The van der Waals surface area contributed by atoms with Gasteiger partial charge in [0.25, 0.3) is 0 Å². The highest BCUT2D eigenvalue weighted by Crippen LogP contribution is 2.26. The summed E-state index contributed by atoms with van der Waals surface area (Å²) in [5.41, 5.74) is 1.13. The SMILES string of the molecule is CN=C(NCCCOC1CCOC1)NCc1ccnc(OC2CCC(C)CC2)c1.I. The Balaban J connectivity index is 0.00000320. The van der Waals surface area contributed by atoms with Crippen LogP contribution in [-0.4, -0.2) is 56.6 Å². The van der Waals surface area contributed by atoms with Crippen LogP contribution in [0.4, 0.5) is 0 Å². The molecule has 7 nitrogen and oxygen atoms in total. The highest BCUT2D eigenvalue weighted by molar-refractivity contribution is 14.0. The second-order valence-corrected chi connectivity index (χ2v) is 8.06. The van der Waals surface area contributed by atoms with E-state index < -0.39 is 0 Å². The van der Waals surface area contributed by atoms with E-state index >= 15 is 0 Å². The van der Waals surface area contributed by atoms with Gasteiger partial charge in [-0.15, -0.1) is 24.0 Å². The molecule has 2 N–H and O–H groups in total. The quantitative estimate of drug-likeness (QED) is 0.220. The molecule has 1 aliphatic heterocycles. The van der Waals surface area contributed by atoms with E-state index in [0.717, 1.165) is 75.4 Å². The van der Waals surface area contributed by atoms with Crippen molar-refractivity contribution >= 4 is 29.9 Å². The summed E-state index contributed by atoms with van der Waals surface area (Å²) in [6.45, 7) is 6.10. The fourth-order valence-electron chi connectivity index (χ4n) is 3.72. The Kier molecular flexibility index (Phi) is 11.8. The number of ether oxygens (including phenoxy) is 3. The van der Waals surface area contributed by atoms with Crippen LogP contribution in [-0.2, 0) is 16.0 Å². The highest BCUT2D eigenvalue weighted by Gasteiger charge is 2.20. The maximum Gasteiger partial charge on any atom is 0.213 e. The first-order chi connectivity index (χ1) is 14.2. The fourth-order valence-corrected chi connectivity index (χ4v) is 3.72. The molecule has 8 heteroatoms. The van der Waals surface area contributed by atoms with Gasteiger partial charge in [0.2, 0.25) is 5.88 Å². The van der Waals surface area contributed by atoms with E-state index in [1.807, 2.05) is 18.3 Å². The molecule has 1 saturated carbocycles. The molecule has 0 amide bonds. The number of hydrogen-bond donors (Lipinski definition) is 2. The zero-order valence-electron chi connectivity index (χ0n) is 18.3. The normalized spacial score (nSPS) is 24.2. The van der Waals surface area contributed by atoms with Gasteiger partial charge in [-0.1, -0.05) is 6.92 Å². The number of rotatable bonds is 9. The van der Waals surface area contributed by atoms with Crippen LogP contribution in [0.3, 0.4) is 0 Å². The van der Waals surface area contributed by atoms with Gasteiger partial charge in [0.15, 0.2) is 5.96 Å². The van der Waals surface area contributed by atoms with E-state index in [1.165, 1.54) is 12.8 Å². The molecule has 2 heterocycles. The molecule has 0 bridgehead atoms. The Labute approximate surface area is 197 Å². The second kappa shape index (κ2) is 14.0. The predicted octanol–water partition coefficient (Wildman–Crippen LogP) is 3.52. The molecule has 1 saturated heterocycles. The molecule has 2 fully saturated rings. The molecule has 0 radical (unpaired) electrons. The predicted molar refractivity (Wildman–Crippen MR) is 130 cm³/mol. The van der Waals surface area contributed by atoms with Crippen LogP contribution >= 0.6 is 24.0 Å². The lowest BCUT2D eigenvalue weighted by Gasteiger charge is -2.26. The smallest absolute Gasteiger partial charge is 0.213 e. The number of nitrogens with zero attached hydrogens (tertiary/aromatic N) is 2. The molecular weight excluding hydrogens is 495 g/mol. The molecule has 2 aliphatic rings. The molecule has 0 spiro atoms. The number of pyridine rings is 1. The van der Waals surface area contributed by atoms with Gasteiger partial charge in [-0.2, -0.15) is 0 Å². The van der Waals surface area contributed by atoms with Crippen LogP contribution < -0.4 is 15.4 Å². The van der Waals surface area contributed by atoms with Crippen LogP contribution in [0.25, 0.3) is 0 Å². The lowest BCUT2D eigenvalue weighted by atomic mass is 9.89. The van der Waals surface area contributed by atoms with E-state index in [1.54, 1.807) is 7.05 Å². The summed E-state index contributed by atoms with van der Waals surface area (Å²) in [7, 11) is 1.78. The van der Waals surface area contributed by atoms with Crippen LogP contribution in [0.5, 0.6) is 5.88 Å². The second-order valence-electron chi connectivity index (χ2n) is 8.06. The fraction of sp³-hybridized carbons (Fsp3) is 0.727. The van der Waals surface area contributed by atoms with Crippen molar-refractivity contribution in [2.24, 2.45) is 10.9 Å². The molecule has 1 unspecified atom stereocenters. The van der Waals surface area contributed by atoms with Gasteiger partial charge in [-0.3, -0.25) is 4.99 Å². The van der Waals surface area contributed by atoms with Gasteiger partial charge in [0.1, 0.15) is 6.10 Å². The Hall–Kier alpha value is -1.13. The zero-order valence-corrected chi connectivity index (χ0v) is 20.6. The van der Waals surface area contributed by atoms with Gasteiger partial charge in [0.05, 0.1) is 12.7 Å². The average molecular weight is 532 g/mol. The number of guanidine groups is 1. The van der Waals surface area contributed by atoms with E-state index in [2.05, 4.69) is 27.5 Å². The Morgan fingerprint density at radius 2 is 2.03 bits per heavy atom. The minimum atomic E-state index is 0. The van der Waals surface area contributed by atoms with E-state index in [-0.39, 0.29) is 30.1 Å². The lowest BCUT2D eigenvalue weighted by Crippen LogP contribution is -2.37. The van der Waals surface area contributed by atoms with E-state index in [0.29, 0.717) is 12.6 Å². The van der Waals surface area contributed by atoms with Crippen molar-refractivity contribution in [2.45, 2.75) is 64.2 Å². The Morgan fingerprint density at radius 3 is 2.77 bits per heavy atom. The van der Waals surface area contributed by atoms with Crippen molar-refractivity contribution in [1.82, 2.24) is 15.6 Å². The van der Waals surface area contributed by atoms with Gasteiger partial charge < -0.3 is 24.8 Å². The van der Waals surface area contributed by atoms with Crippen molar-refractivity contribution in [3.8, 4) is 5.88 Å². The minimum Gasteiger partial charge on any atom is -0.474 e. The summed E-state index contributed by atoms with van der Waals surface area (Å²) in [6, 6.07) is 4.03. The maximum atomic E-state index is 6.10. The highest BCUT2D eigenvalue weighted by atomic mass is 127. The monoisotopic (exact) mass is 532 g/mol. The van der Waals surface area contributed by atoms with E-state index in [4.69, 9.17) is 14.2 Å². The molecule has 30 heavy (non-hydrogen) atoms.